The molecule has 0 heterocycles. The van der Waals surface area contributed by atoms with Gasteiger partial charge in [0.15, 0.2) is 0 Å². The fourth-order valence-electron chi connectivity index (χ4n) is 2.98. The first kappa shape index (κ1) is 21.2. The molecular weight excluding hydrogens is 389 g/mol. The summed E-state index contributed by atoms with van der Waals surface area (Å²) in [6, 6.07) is 11.2. The topological polar surface area (TPSA) is 75.5 Å². The minimum atomic E-state index is -0.596. The normalized spacial score (nSPS) is 12.0. The molecule has 27 heavy (non-hydrogen) atoms. The van der Waals surface area contributed by atoms with E-state index in [4.69, 9.17) is 23.2 Å². The molecule has 2 aromatic carbocycles. The monoisotopic (exact) mass is 409 g/mol. The molecule has 0 aromatic heterocycles. The second-order valence-corrected chi connectivity index (χ2v) is 6.73. The second kappa shape index (κ2) is 9.69. The number of carbonyl (C=O) groups is 1. The summed E-state index contributed by atoms with van der Waals surface area (Å²) in [4.78, 5) is 25.4. The van der Waals surface area contributed by atoms with E-state index >= 15 is 0 Å². The van der Waals surface area contributed by atoms with Crippen molar-refractivity contribution in [1.29, 1.82) is 0 Å². The summed E-state index contributed by atoms with van der Waals surface area (Å²) in [7, 11) is 0. The maximum atomic E-state index is 12.6. The number of hydrogen-bond donors (Lipinski definition) is 1. The number of nitro benzene ring substituents is 1. The van der Waals surface area contributed by atoms with Crippen LogP contribution in [0, 0.1) is 10.1 Å². The van der Waals surface area contributed by atoms with Gasteiger partial charge in [0.25, 0.3) is 11.6 Å². The van der Waals surface area contributed by atoms with E-state index in [2.05, 4.69) is 10.2 Å². The Labute approximate surface area is 168 Å². The van der Waals surface area contributed by atoms with Crippen LogP contribution < -0.4 is 5.32 Å². The molecule has 1 unspecified atom stereocenters. The lowest BCUT2D eigenvalue weighted by Crippen LogP contribution is -2.38. The van der Waals surface area contributed by atoms with Crippen LogP contribution in [-0.4, -0.2) is 35.4 Å². The maximum Gasteiger partial charge on any atom is 0.282 e. The zero-order chi connectivity index (χ0) is 20.0. The molecule has 2 rings (SSSR count). The van der Waals surface area contributed by atoms with Gasteiger partial charge in [0.2, 0.25) is 0 Å². The van der Waals surface area contributed by atoms with E-state index in [9.17, 15) is 14.9 Å². The smallest absolute Gasteiger partial charge is 0.282 e. The first-order valence-corrected chi connectivity index (χ1v) is 9.35. The number of nitro groups is 1. The number of carbonyl (C=O) groups excluding carboxylic acids is 1. The minimum absolute atomic E-state index is 0.0649. The molecular formula is C19H21Cl2N3O3. The minimum Gasteiger partial charge on any atom is -0.350 e. The van der Waals surface area contributed by atoms with Crippen LogP contribution >= 0.6 is 23.2 Å². The summed E-state index contributed by atoms with van der Waals surface area (Å²) in [5.74, 6) is -0.548. The van der Waals surface area contributed by atoms with Crippen molar-refractivity contribution in [2.45, 2.75) is 19.9 Å². The Kier molecular flexibility index (Phi) is 7.59. The molecule has 0 saturated carbocycles. The molecule has 0 aliphatic carbocycles. The van der Waals surface area contributed by atoms with E-state index in [1.165, 1.54) is 18.2 Å². The lowest BCUT2D eigenvalue weighted by molar-refractivity contribution is -0.385. The highest BCUT2D eigenvalue weighted by Crippen LogP contribution is 2.28. The summed E-state index contributed by atoms with van der Waals surface area (Å²) < 4.78 is 0. The molecule has 0 fully saturated rings. The Hall–Kier alpha value is -2.15. The molecule has 0 saturated heterocycles. The van der Waals surface area contributed by atoms with Gasteiger partial charge in [-0.1, -0.05) is 55.2 Å². The molecule has 0 radical (unpaired) electrons. The molecule has 1 atom stereocenters. The Bertz CT molecular complexity index is 826. The molecule has 1 amide bonds. The van der Waals surface area contributed by atoms with Gasteiger partial charge in [-0.25, -0.2) is 0 Å². The molecule has 2 aromatic rings. The third-order valence-electron chi connectivity index (χ3n) is 4.37. The Balaban J connectivity index is 2.27. The average molecular weight is 410 g/mol. The largest absolute Gasteiger partial charge is 0.350 e. The van der Waals surface area contributed by atoms with Gasteiger partial charge >= 0.3 is 0 Å². The van der Waals surface area contributed by atoms with Crippen molar-refractivity contribution < 1.29 is 9.72 Å². The molecule has 0 spiro atoms. The van der Waals surface area contributed by atoms with E-state index in [0.29, 0.717) is 5.02 Å². The predicted molar refractivity (Wildman–Crippen MR) is 108 cm³/mol. The highest BCUT2D eigenvalue weighted by atomic mass is 35.5. The van der Waals surface area contributed by atoms with Crippen molar-refractivity contribution in [3.05, 3.63) is 73.8 Å². The van der Waals surface area contributed by atoms with Gasteiger partial charge in [0.1, 0.15) is 5.56 Å². The van der Waals surface area contributed by atoms with Crippen LogP contribution in [-0.2, 0) is 0 Å². The molecule has 0 aliphatic heterocycles. The lowest BCUT2D eigenvalue weighted by Gasteiger charge is -2.30. The summed E-state index contributed by atoms with van der Waals surface area (Å²) in [6.45, 7) is 5.83. The third-order valence-corrected chi connectivity index (χ3v) is 4.95. The van der Waals surface area contributed by atoms with Gasteiger partial charge in [-0.15, -0.1) is 0 Å². The van der Waals surface area contributed by atoms with Crippen molar-refractivity contribution in [3.63, 3.8) is 0 Å². The molecule has 144 valence electrons. The van der Waals surface area contributed by atoms with Crippen molar-refractivity contribution >= 4 is 34.8 Å². The zero-order valence-corrected chi connectivity index (χ0v) is 16.6. The molecule has 8 heteroatoms. The van der Waals surface area contributed by atoms with Gasteiger partial charge in [-0.3, -0.25) is 19.8 Å². The van der Waals surface area contributed by atoms with Crippen LogP contribution in [0.15, 0.2) is 42.5 Å². The standard InChI is InChI=1S/C19H21Cl2N3O3/c1-3-23(4-2)18(14-7-5-6-8-16(14)21)12-22-19(25)15-11-13(20)9-10-17(15)24(26)27/h5-11,18H,3-4,12H2,1-2H3,(H,22,25). The number of nitrogens with one attached hydrogen (secondary N) is 1. The second-order valence-electron chi connectivity index (χ2n) is 5.89. The van der Waals surface area contributed by atoms with Gasteiger partial charge in [0, 0.05) is 22.7 Å². The molecule has 0 aliphatic rings. The number of amides is 1. The summed E-state index contributed by atoms with van der Waals surface area (Å²) in [6.07, 6.45) is 0. The number of nitrogens with zero attached hydrogens (tertiary/aromatic N) is 2. The first-order chi connectivity index (χ1) is 12.9. The number of rotatable bonds is 8. The highest BCUT2D eigenvalue weighted by Gasteiger charge is 2.24. The van der Waals surface area contributed by atoms with Crippen LogP contribution in [0.2, 0.25) is 10.0 Å². The third kappa shape index (κ3) is 5.19. The fourth-order valence-corrected chi connectivity index (χ4v) is 3.41. The summed E-state index contributed by atoms with van der Waals surface area (Å²) in [5.41, 5.74) is 0.544. The van der Waals surface area contributed by atoms with Gasteiger partial charge in [-0.2, -0.15) is 0 Å². The van der Waals surface area contributed by atoms with E-state index in [0.717, 1.165) is 18.7 Å². The average Bonchev–Trinajstić information content (AvgIpc) is 2.65. The SMILES string of the molecule is CCN(CC)C(CNC(=O)c1cc(Cl)ccc1[N+](=O)[O-])c1ccccc1Cl. The van der Waals surface area contributed by atoms with Crippen molar-refractivity contribution in [2.75, 3.05) is 19.6 Å². The number of halogens is 2. The predicted octanol–water partition coefficient (Wildman–Crippen LogP) is 4.71. The number of hydrogen-bond acceptors (Lipinski definition) is 4. The van der Waals surface area contributed by atoms with Crippen LogP contribution in [0.4, 0.5) is 5.69 Å². The van der Waals surface area contributed by atoms with E-state index < -0.39 is 10.8 Å². The molecule has 1 N–H and O–H groups in total. The number of likely N-dealkylation sites (N-methyl/N-ethyl adjacent to an activating group) is 1. The molecule has 0 bridgehead atoms. The van der Waals surface area contributed by atoms with Crippen molar-refractivity contribution in [1.82, 2.24) is 10.2 Å². The van der Waals surface area contributed by atoms with Gasteiger partial charge in [-0.05, 0) is 36.9 Å². The van der Waals surface area contributed by atoms with Crippen LogP contribution in [0.1, 0.15) is 35.8 Å². The quantitative estimate of drug-likeness (QED) is 0.505. The van der Waals surface area contributed by atoms with E-state index in [-0.39, 0.29) is 28.9 Å². The van der Waals surface area contributed by atoms with Crippen LogP contribution in [0.5, 0.6) is 0 Å². The van der Waals surface area contributed by atoms with E-state index in [1.807, 2.05) is 32.0 Å². The highest BCUT2D eigenvalue weighted by molar-refractivity contribution is 6.31. The fraction of sp³-hybridized carbons (Fsp3) is 0.316. The summed E-state index contributed by atoms with van der Waals surface area (Å²) in [5, 5.41) is 14.9. The summed E-state index contributed by atoms with van der Waals surface area (Å²) >= 11 is 12.3. The number of benzene rings is 2. The van der Waals surface area contributed by atoms with E-state index in [1.54, 1.807) is 6.07 Å². The Morgan fingerprint density at radius 2 is 1.85 bits per heavy atom. The zero-order valence-electron chi connectivity index (χ0n) is 15.1. The molecule has 6 nitrogen and oxygen atoms in total. The first-order valence-electron chi connectivity index (χ1n) is 8.59. The van der Waals surface area contributed by atoms with Crippen molar-refractivity contribution in [3.8, 4) is 0 Å². The Morgan fingerprint density at radius 1 is 1.19 bits per heavy atom. The van der Waals surface area contributed by atoms with Crippen molar-refractivity contribution in [2.24, 2.45) is 0 Å². The Morgan fingerprint density at radius 3 is 2.44 bits per heavy atom. The van der Waals surface area contributed by atoms with Crippen LogP contribution in [0.25, 0.3) is 0 Å². The van der Waals surface area contributed by atoms with Gasteiger partial charge < -0.3 is 5.32 Å². The van der Waals surface area contributed by atoms with Gasteiger partial charge in [0.05, 0.1) is 11.0 Å². The lowest BCUT2D eigenvalue weighted by atomic mass is 10.0. The maximum absolute atomic E-state index is 12.6. The van der Waals surface area contributed by atoms with Crippen LogP contribution in [0.3, 0.4) is 0 Å².